The van der Waals surface area contributed by atoms with E-state index in [2.05, 4.69) is 43.4 Å². The maximum absolute atomic E-state index is 13.3. The molecule has 2 rings (SSSR count). The highest BCUT2D eigenvalue weighted by Crippen LogP contribution is 2.19. The molecule has 0 fully saturated rings. The van der Waals surface area contributed by atoms with Gasteiger partial charge in [0.25, 0.3) is 0 Å². The van der Waals surface area contributed by atoms with E-state index in [4.69, 9.17) is 4.74 Å². The Balaban J connectivity index is 2.07. The summed E-state index contributed by atoms with van der Waals surface area (Å²) in [5.74, 6) is 0.494. The second kappa shape index (κ2) is 7.23. The van der Waals surface area contributed by atoms with Crippen molar-refractivity contribution < 1.29 is 9.13 Å². The summed E-state index contributed by atoms with van der Waals surface area (Å²) in [5, 5.41) is 3.42. The van der Waals surface area contributed by atoms with Crippen molar-refractivity contribution in [3.05, 3.63) is 65.0 Å². The Morgan fingerprint density at radius 1 is 1.14 bits per heavy atom. The van der Waals surface area contributed by atoms with E-state index in [-0.39, 0.29) is 11.9 Å². The summed E-state index contributed by atoms with van der Waals surface area (Å²) in [5.41, 5.74) is 3.03. The second-order valence-electron chi connectivity index (χ2n) is 5.25. The van der Waals surface area contributed by atoms with Gasteiger partial charge in [-0.1, -0.05) is 36.8 Å². The molecule has 21 heavy (non-hydrogen) atoms. The number of hydrogen-bond acceptors (Lipinski definition) is 2. The van der Waals surface area contributed by atoms with Crippen molar-refractivity contribution in [1.82, 2.24) is 5.32 Å². The largest absolute Gasteiger partial charge is 0.492 e. The van der Waals surface area contributed by atoms with Crippen LogP contribution in [-0.2, 0) is 0 Å². The van der Waals surface area contributed by atoms with Crippen LogP contribution >= 0.6 is 0 Å². The van der Waals surface area contributed by atoms with E-state index in [0.717, 1.165) is 6.54 Å². The van der Waals surface area contributed by atoms with Gasteiger partial charge in [-0.3, -0.25) is 0 Å². The van der Waals surface area contributed by atoms with Gasteiger partial charge in [0, 0.05) is 0 Å². The van der Waals surface area contributed by atoms with E-state index in [1.165, 1.54) is 17.2 Å². The van der Waals surface area contributed by atoms with Gasteiger partial charge in [-0.25, -0.2) is 4.39 Å². The van der Waals surface area contributed by atoms with Gasteiger partial charge in [-0.2, -0.15) is 0 Å². The lowest BCUT2D eigenvalue weighted by Gasteiger charge is -2.19. The molecule has 0 aliphatic carbocycles. The summed E-state index contributed by atoms with van der Waals surface area (Å²) in [6, 6.07) is 13.4. The van der Waals surface area contributed by atoms with Gasteiger partial charge in [0.2, 0.25) is 0 Å². The van der Waals surface area contributed by atoms with Crippen LogP contribution in [0, 0.1) is 19.7 Å². The highest BCUT2D eigenvalue weighted by molar-refractivity contribution is 5.29. The molecule has 3 heteroatoms. The monoisotopic (exact) mass is 287 g/mol. The summed E-state index contributed by atoms with van der Waals surface area (Å²) in [6.45, 7) is 7.28. The third kappa shape index (κ3) is 4.30. The minimum Gasteiger partial charge on any atom is -0.492 e. The van der Waals surface area contributed by atoms with Gasteiger partial charge in [0.1, 0.15) is 18.2 Å². The molecule has 2 nitrogen and oxygen atoms in total. The molecule has 0 radical (unpaired) electrons. The normalized spacial score (nSPS) is 12.2. The molecule has 112 valence electrons. The van der Waals surface area contributed by atoms with Crippen LogP contribution in [0.5, 0.6) is 5.75 Å². The van der Waals surface area contributed by atoms with Gasteiger partial charge >= 0.3 is 0 Å². The van der Waals surface area contributed by atoms with Gasteiger partial charge in [-0.05, 0) is 49.7 Å². The Bertz CT molecular complexity index is 598. The van der Waals surface area contributed by atoms with Crippen LogP contribution in [0.1, 0.15) is 29.7 Å². The Morgan fingerprint density at radius 3 is 2.62 bits per heavy atom. The Hall–Kier alpha value is -1.87. The summed E-state index contributed by atoms with van der Waals surface area (Å²) in [4.78, 5) is 0. The molecule has 0 bridgehead atoms. The van der Waals surface area contributed by atoms with Crippen LogP contribution < -0.4 is 10.1 Å². The fourth-order valence-electron chi connectivity index (χ4n) is 2.29. The SMILES string of the molecule is CCNC(COc1ccc(F)c(C)c1)c1cccc(C)c1. The smallest absolute Gasteiger partial charge is 0.126 e. The first-order chi connectivity index (χ1) is 10.1. The van der Waals surface area contributed by atoms with E-state index in [1.807, 2.05) is 0 Å². The van der Waals surface area contributed by atoms with Gasteiger partial charge < -0.3 is 10.1 Å². The molecule has 0 aliphatic rings. The average Bonchev–Trinajstić information content (AvgIpc) is 2.47. The highest BCUT2D eigenvalue weighted by Gasteiger charge is 2.11. The highest BCUT2D eigenvalue weighted by atomic mass is 19.1. The molecule has 0 saturated carbocycles. The third-order valence-electron chi connectivity index (χ3n) is 3.44. The number of aryl methyl sites for hydroxylation is 2. The van der Waals surface area contributed by atoms with Crippen molar-refractivity contribution in [3.63, 3.8) is 0 Å². The summed E-state index contributed by atoms with van der Waals surface area (Å²) in [7, 11) is 0. The van der Waals surface area contributed by atoms with Crippen LogP contribution in [0.25, 0.3) is 0 Å². The van der Waals surface area contributed by atoms with Crippen molar-refractivity contribution in [2.75, 3.05) is 13.2 Å². The number of hydrogen-bond donors (Lipinski definition) is 1. The average molecular weight is 287 g/mol. The predicted molar refractivity (Wildman–Crippen MR) is 84.2 cm³/mol. The zero-order valence-corrected chi connectivity index (χ0v) is 12.8. The summed E-state index contributed by atoms with van der Waals surface area (Å²) in [6.07, 6.45) is 0. The number of nitrogens with one attached hydrogen (secondary N) is 1. The molecule has 0 aromatic heterocycles. The van der Waals surface area contributed by atoms with Crippen LogP contribution in [-0.4, -0.2) is 13.2 Å². The second-order valence-corrected chi connectivity index (χ2v) is 5.25. The Kier molecular flexibility index (Phi) is 5.34. The molecule has 1 unspecified atom stereocenters. The van der Waals surface area contributed by atoms with Crippen LogP contribution in [0.3, 0.4) is 0 Å². The Labute approximate surface area is 126 Å². The van der Waals surface area contributed by atoms with E-state index >= 15 is 0 Å². The maximum Gasteiger partial charge on any atom is 0.126 e. The van der Waals surface area contributed by atoms with Crippen molar-refractivity contribution in [2.24, 2.45) is 0 Å². The van der Waals surface area contributed by atoms with Crippen molar-refractivity contribution >= 4 is 0 Å². The van der Waals surface area contributed by atoms with Crippen LogP contribution in [0.15, 0.2) is 42.5 Å². The fraction of sp³-hybridized carbons (Fsp3) is 0.333. The molecule has 0 spiro atoms. The Morgan fingerprint density at radius 2 is 1.95 bits per heavy atom. The number of likely N-dealkylation sites (N-methyl/N-ethyl adjacent to an activating group) is 1. The number of benzene rings is 2. The molecular formula is C18H22FNO. The minimum absolute atomic E-state index is 0.125. The van der Waals surface area contributed by atoms with Crippen LogP contribution in [0.4, 0.5) is 4.39 Å². The number of halogens is 1. The fourth-order valence-corrected chi connectivity index (χ4v) is 2.29. The third-order valence-corrected chi connectivity index (χ3v) is 3.44. The van der Waals surface area contributed by atoms with E-state index in [1.54, 1.807) is 19.1 Å². The molecule has 2 aromatic carbocycles. The van der Waals surface area contributed by atoms with Gasteiger partial charge in [0.15, 0.2) is 0 Å². The number of rotatable bonds is 6. The molecule has 0 saturated heterocycles. The lowest BCUT2D eigenvalue weighted by molar-refractivity contribution is 0.267. The first-order valence-corrected chi connectivity index (χ1v) is 7.29. The molecule has 0 heterocycles. The lowest BCUT2D eigenvalue weighted by Crippen LogP contribution is -2.26. The van der Waals surface area contributed by atoms with Gasteiger partial charge in [0.05, 0.1) is 6.04 Å². The zero-order chi connectivity index (χ0) is 15.2. The number of ether oxygens (including phenoxy) is 1. The molecule has 1 atom stereocenters. The molecular weight excluding hydrogens is 265 g/mol. The summed E-state index contributed by atoms with van der Waals surface area (Å²) >= 11 is 0. The van der Waals surface area contributed by atoms with E-state index in [9.17, 15) is 4.39 Å². The summed E-state index contributed by atoms with van der Waals surface area (Å²) < 4.78 is 19.1. The topological polar surface area (TPSA) is 21.3 Å². The molecule has 2 aromatic rings. The standard InChI is InChI=1S/C18H22FNO/c1-4-20-18(15-7-5-6-13(2)10-15)12-21-16-8-9-17(19)14(3)11-16/h5-11,18,20H,4,12H2,1-3H3. The zero-order valence-electron chi connectivity index (χ0n) is 12.8. The maximum atomic E-state index is 13.3. The minimum atomic E-state index is -0.204. The van der Waals surface area contributed by atoms with Crippen molar-refractivity contribution in [1.29, 1.82) is 0 Å². The molecule has 0 aliphatic heterocycles. The van der Waals surface area contributed by atoms with Crippen molar-refractivity contribution in [2.45, 2.75) is 26.8 Å². The van der Waals surface area contributed by atoms with Crippen LogP contribution in [0.2, 0.25) is 0 Å². The predicted octanol–water partition coefficient (Wildman–Crippen LogP) is 4.17. The first kappa shape index (κ1) is 15.5. The van der Waals surface area contributed by atoms with E-state index in [0.29, 0.717) is 17.9 Å². The van der Waals surface area contributed by atoms with Gasteiger partial charge in [-0.15, -0.1) is 0 Å². The lowest BCUT2D eigenvalue weighted by atomic mass is 10.1. The first-order valence-electron chi connectivity index (χ1n) is 7.29. The quantitative estimate of drug-likeness (QED) is 0.861. The molecule has 1 N–H and O–H groups in total. The van der Waals surface area contributed by atoms with E-state index < -0.39 is 0 Å². The van der Waals surface area contributed by atoms with Crippen molar-refractivity contribution in [3.8, 4) is 5.75 Å². The molecule has 0 amide bonds.